The van der Waals surface area contributed by atoms with E-state index in [0.29, 0.717) is 5.56 Å². The van der Waals surface area contributed by atoms with Crippen LogP contribution in [0.2, 0.25) is 0 Å². The first kappa shape index (κ1) is 17.1. The van der Waals surface area contributed by atoms with Crippen LogP contribution in [0.15, 0.2) is 23.1 Å². The van der Waals surface area contributed by atoms with Crippen molar-refractivity contribution in [1.82, 2.24) is 9.62 Å². The smallest absolute Gasteiger partial charge is 0.243 e. The van der Waals surface area contributed by atoms with Crippen LogP contribution in [-0.4, -0.2) is 46.4 Å². The molecule has 0 saturated heterocycles. The highest BCUT2D eigenvalue weighted by Gasteiger charge is 2.20. The van der Waals surface area contributed by atoms with Crippen LogP contribution in [0.3, 0.4) is 0 Å². The van der Waals surface area contributed by atoms with Gasteiger partial charge >= 0.3 is 0 Å². The Bertz CT molecular complexity index is 690. The molecule has 114 valence electrons. The lowest BCUT2D eigenvalue weighted by atomic mass is 10.2. The Labute approximate surface area is 123 Å². The highest BCUT2D eigenvalue weighted by molar-refractivity contribution is 7.89. The fourth-order valence-corrected chi connectivity index (χ4v) is 2.37. The van der Waals surface area contributed by atoms with E-state index in [0.717, 1.165) is 12.1 Å². The molecule has 3 N–H and O–H groups in total. The number of halogens is 1. The summed E-state index contributed by atoms with van der Waals surface area (Å²) in [4.78, 5) is 12.0. The third kappa shape index (κ3) is 4.82. The molecule has 0 aliphatic carbocycles. The van der Waals surface area contributed by atoms with E-state index in [1.165, 1.54) is 25.1 Å². The lowest BCUT2D eigenvalue weighted by molar-refractivity contribution is -0.127. The average Bonchev–Trinajstić information content (AvgIpc) is 2.42. The van der Waals surface area contributed by atoms with Gasteiger partial charge in [0.15, 0.2) is 0 Å². The molecule has 0 saturated carbocycles. The topological polar surface area (TPSA) is 92.5 Å². The molecule has 0 fully saturated rings. The van der Waals surface area contributed by atoms with Crippen molar-refractivity contribution in [3.63, 3.8) is 0 Å². The van der Waals surface area contributed by atoms with Crippen LogP contribution in [0, 0.1) is 17.7 Å². The summed E-state index contributed by atoms with van der Waals surface area (Å²) in [6.07, 6.45) is 0. The van der Waals surface area contributed by atoms with Gasteiger partial charge in [0.2, 0.25) is 15.9 Å². The summed E-state index contributed by atoms with van der Waals surface area (Å²) in [5, 5.41) is 0. The molecule has 1 rings (SSSR count). The summed E-state index contributed by atoms with van der Waals surface area (Å²) >= 11 is 0. The molecule has 0 bridgehead atoms. The van der Waals surface area contributed by atoms with Gasteiger partial charge in [-0.1, -0.05) is 11.8 Å². The van der Waals surface area contributed by atoms with Gasteiger partial charge in [-0.05, 0) is 18.2 Å². The molecule has 0 heterocycles. The number of benzene rings is 1. The Morgan fingerprint density at radius 2 is 2.10 bits per heavy atom. The van der Waals surface area contributed by atoms with Gasteiger partial charge in [0.25, 0.3) is 0 Å². The van der Waals surface area contributed by atoms with Gasteiger partial charge < -0.3 is 10.6 Å². The van der Waals surface area contributed by atoms with Crippen LogP contribution < -0.4 is 10.5 Å². The normalized spacial score (nSPS) is 10.7. The minimum atomic E-state index is -4.10. The molecule has 6 nitrogen and oxygen atoms in total. The van der Waals surface area contributed by atoms with Gasteiger partial charge in [-0.3, -0.25) is 4.79 Å². The molecule has 21 heavy (non-hydrogen) atoms. The zero-order valence-corrected chi connectivity index (χ0v) is 12.5. The molecule has 1 aromatic rings. The number of hydrogen-bond donors (Lipinski definition) is 2. The number of carbonyl (C=O) groups excluding carboxylic acids is 1. The number of likely N-dealkylation sites (N-methyl/N-ethyl adjacent to an activating group) is 1. The molecule has 1 aromatic carbocycles. The maximum atomic E-state index is 13.8. The predicted molar refractivity (Wildman–Crippen MR) is 76.2 cm³/mol. The molecular formula is C13H16FN3O3S. The highest BCUT2D eigenvalue weighted by Crippen LogP contribution is 2.15. The van der Waals surface area contributed by atoms with Crippen LogP contribution >= 0.6 is 0 Å². The van der Waals surface area contributed by atoms with E-state index in [1.54, 1.807) is 0 Å². The summed E-state index contributed by atoms with van der Waals surface area (Å²) < 4.78 is 39.7. The Hall–Kier alpha value is -1.95. The average molecular weight is 313 g/mol. The van der Waals surface area contributed by atoms with Crippen LogP contribution in [0.1, 0.15) is 5.56 Å². The minimum absolute atomic E-state index is 0.121. The second-order valence-electron chi connectivity index (χ2n) is 4.26. The maximum absolute atomic E-state index is 13.8. The highest BCUT2D eigenvalue weighted by atomic mass is 32.2. The first-order valence-corrected chi connectivity index (χ1v) is 7.44. The standard InChI is InChI=1S/C13H16FN3O3S/c1-17(2)13(18)9-16-21(19,20)12-6-5-10(4-3-7-15)8-11(12)14/h5-6,8,16H,7,9,15H2,1-2H3. The van der Waals surface area contributed by atoms with E-state index in [4.69, 9.17) is 5.73 Å². The summed E-state index contributed by atoms with van der Waals surface area (Å²) in [5.74, 6) is 3.75. The minimum Gasteiger partial charge on any atom is -0.348 e. The van der Waals surface area contributed by atoms with E-state index < -0.39 is 33.2 Å². The van der Waals surface area contributed by atoms with Gasteiger partial charge in [-0.2, -0.15) is 0 Å². The number of nitrogens with two attached hydrogens (primary N) is 1. The molecule has 8 heteroatoms. The van der Waals surface area contributed by atoms with Crippen molar-refractivity contribution >= 4 is 15.9 Å². The Morgan fingerprint density at radius 1 is 1.43 bits per heavy atom. The quantitative estimate of drug-likeness (QED) is 0.733. The number of rotatable bonds is 4. The third-order valence-corrected chi connectivity index (χ3v) is 3.90. The number of nitrogens with zero attached hydrogens (tertiary/aromatic N) is 1. The second-order valence-corrected chi connectivity index (χ2v) is 6.00. The van der Waals surface area contributed by atoms with Gasteiger partial charge in [0, 0.05) is 19.7 Å². The predicted octanol–water partition coefficient (Wildman–Crippen LogP) is -0.498. The molecule has 0 unspecified atom stereocenters. The Kier molecular flexibility index (Phi) is 5.84. The monoisotopic (exact) mass is 313 g/mol. The molecular weight excluding hydrogens is 297 g/mol. The zero-order chi connectivity index (χ0) is 16.0. The van der Waals surface area contributed by atoms with E-state index in [1.807, 2.05) is 4.72 Å². The van der Waals surface area contributed by atoms with E-state index in [-0.39, 0.29) is 6.54 Å². The van der Waals surface area contributed by atoms with Crippen LogP contribution in [0.25, 0.3) is 0 Å². The molecule has 0 spiro atoms. The first-order valence-electron chi connectivity index (χ1n) is 5.96. The van der Waals surface area contributed by atoms with Crippen molar-refractivity contribution in [3.05, 3.63) is 29.6 Å². The first-order chi connectivity index (χ1) is 9.77. The molecule has 0 radical (unpaired) electrons. The second kappa shape index (κ2) is 7.17. The third-order valence-electron chi connectivity index (χ3n) is 2.47. The van der Waals surface area contributed by atoms with Crippen molar-refractivity contribution < 1.29 is 17.6 Å². The van der Waals surface area contributed by atoms with Gasteiger partial charge in [-0.15, -0.1) is 0 Å². The van der Waals surface area contributed by atoms with Crippen molar-refractivity contribution in [2.45, 2.75) is 4.90 Å². The SMILES string of the molecule is CN(C)C(=O)CNS(=O)(=O)c1ccc(C#CCN)cc1F. The van der Waals surface area contributed by atoms with Crippen LogP contribution in [0.4, 0.5) is 4.39 Å². The van der Waals surface area contributed by atoms with Crippen LogP contribution in [-0.2, 0) is 14.8 Å². The zero-order valence-electron chi connectivity index (χ0n) is 11.7. The summed E-state index contributed by atoms with van der Waals surface area (Å²) in [6.45, 7) is -0.320. The molecule has 0 aliphatic rings. The number of amides is 1. The van der Waals surface area contributed by atoms with Crippen molar-refractivity contribution in [1.29, 1.82) is 0 Å². The molecule has 0 atom stereocenters. The Morgan fingerprint density at radius 3 is 2.62 bits per heavy atom. The Balaban J connectivity index is 2.96. The molecule has 0 aromatic heterocycles. The summed E-state index contributed by atoms with van der Waals surface area (Å²) in [6, 6.07) is 3.47. The maximum Gasteiger partial charge on any atom is 0.243 e. The van der Waals surface area contributed by atoms with Crippen LogP contribution in [0.5, 0.6) is 0 Å². The largest absolute Gasteiger partial charge is 0.348 e. The summed E-state index contributed by atoms with van der Waals surface area (Å²) in [5.41, 5.74) is 5.52. The fourth-order valence-electron chi connectivity index (χ4n) is 1.34. The van der Waals surface area contributed by atoms with Gasteiger partial charge in [0.1, 0.15) is 10.7 Å². The molecule has 0 aliphatic heterocycles. The number of nitrogens with one attached hydrogen (secondary N) is 1. The lowest BCUT2D eigenvalue weighted by Crippen LogP contribution is -2.36. The van der Waals surface area contributed by atoms with E-state index >= 15 is 0 Å². The van der Waals surface area contributed by atoms with Gasteiger partial charge in [-0.25, -0.2) is 17.5 Å². The summed E-state index contributed by atoms with van der Waals surface area (Å²) in [7, 11) is -1.13. The van der Waals surface area contributed by atoms with Gasteiger partial charge in [0.05, 0.1) is 13.1 Å². The number of sulfonamides is 1. The van der Waals surface area contributed by atoms with Crippen molar-refractivity contribution in [3.8, 4) is 11.8 Å². The fraction of sp³-hybridized carbons (Fsp3) is 0.308. The number of carbonyl (C=O) groups is 1. The van der Waals surface area contributed by atoms with Crippen molar-refractivity contribution in [2.75, 3.05) is 27.2 Å². The van der Waals surface area contributed by atoms with E-state index in [9.17, 15) is 17.6 Å². The van der Waals surface area contributed by atoms with E-state index in [2.05, 4.69) is 11.8 Å². The molecule has 1 amide bonds. The number of hydrogen-bond acceptors (Lipinski definition) is 4. The lowest BCUT2D eigenvalue weighted by Gasteiger charge is -2.11. The van der Waals surface area contributed by atoms with Crippen molar-refractivity contribution in [2.24, 2.45) is 5.73 Å².